The van der Waals surface area contributed by atoms with Crippen molar-refractivity contribution in [1.29, 1.82) is 0 Å². The van der Waals surface area contributed by atoms with Gasteiger partial charge in [0.1, 0.15) is 33.7 Å². The number of rotatable bonds is 15. The molecule has 0 saturated carbocycles. The molecule has 2 saturated heterocycles. The number of nitrogens with zero attached hydrogens (tertiary/aromatic N) is 10. The molecule has 0 spiro atoms. The molecular formula is C68H85N13O5S2. The Morgan fingerprint density at radius 1 is 0.523 bits per heavy atom. The van der Waals surface area contributed by atoms with E-state index in [1.807, 2.05) is 110 Å². The summed E-state index contributed by atoms with van der Waals surface area (Å²) in [7, 11) is 4.32. The highest BCUT2D eigenvalue weighted by Gasteiger charge is 2.23. The van der Waals surface area contributed by atoms with Gasteiger partial charge in [-0.3, -0.25) is 4.79 Å². The van der Waals surface area contributed by atoms with Crippen LogP contribution in [0.5, 0.6) is 0 Å². The summed E-state index contributed by atoms with van der Waals surface area (Å²) in [6, 6.07) is 29.0. The second kappa shape index (κ2) is 29.2. The van der Waals surface area contributed by atoms with Crippen molar-refractivity contribution in [2.45, 2.75) is 112 Å². The summed E-state index contributed by atoms with van der Waals surface area (Å²) in [5, 5.41) is 20.0. The molecule has 464 valence electrons. The van der Waals surface area contributed by atoms with Gasteiger partial charge in [0.25, 0.3) is 0 Å². The Labute approximate surface area is 526 Å². The van der Waals surface area contributed by atoms with Gasteiger partial charge < -0.3 is 45.4 Å². The summed E-state index contributed by atoms with van der Waals surface area (Å²) >= 11 is 2.75. The fraction of sp³-hybridized carbons (Fsp3) is 0.397. The van der Waals surface area contributed by atoms with Crippen LogP contribution in [0.15, 0.2) is 122 Å². The lowest BCUT2D eigenvalue weighted by atomic mass is 9.97. The molecule has 18 nitrogen and oxygen atoms in total. The van der Waals surface area contributed by atoms with Gasteiger partial charge in [0.05, 0.1) is 44.9 Å². The van der Waals surface area contributed by atoms with Crippen molar-refractivity contribution in [3.8, 4) is 22.3 Å². The van der Waals surface area contributed by atoms with Crippen LogP contribution < -0.4 is 25.8 Å². The molecule has 88 heavy (non-hydrogen) atoms. The molecule has 2 aliphatic rings. The molecule has 2 aromatic carbocycles. The Balaban J connectivity index is 0.000000193. The lowest BCUT2D eigenvalue weighted by Crippen LogP contribution is -2.44. The molecule has 0 bridgehead atoms. The average Bonchev–Trinajstić information content (AvgIpc) is 4.10. The molecule has 10 rings (SSSR count). The molecule has 8 aromatic rings. The van der Waals surface area contributed by atoms with E-state index in [1.165, 1.54) is 40.0 Å². The van der Waals surface area contributed by atoms with Crippen LogP contribution in [0.2, 0.25) is 0 Å². The summed E-state index contributed by atoms with van der Waals surface area (Å²) in [4.78, 5) is 72.5. The Bertz CT molecular complexity index is 3630. The van der Waals surface area contributed by atoms with Gasteiger partial charge in [0, 0.05) is 94.7 Å². The summed E-state index contributed by atoms with van der Waals surface area (Å²) < 4.78 is 5.32. The number of ketones is 1. The minimum Gasteiger partial charge on any atom is -0.477 e. The number of benzene rings is 2. The lowest BCUT2D eigenvalue weighted by Gasteiger charge is -2.33. The van der Waals surface area contributed by atoms with Crippen molar-refractivity contribution in [2.75, 3.05) is 86.9 Å². The standard InChI is InChI=1S/C32H38N6OS.C28H36N6O2.C8H11NO2S/c1-22-18-24(7-6-23(22)8-10-27(39)28-21-35-31(40-28)32(2,3)4)25-12-13-33-30(19-25)36-29-11-9-26(20-34-29)38-16-14-37(5)15-17-38;1-20-16-21(6-7-23(20)18-31-27(35)36-28(2,3)4)22-10-11-29-26(17-22)32-25-9-8-24(19-30-25)34-14-12-33(5)13-15-34;1-8(2,3)7-9-4-5(12-7)6(10)11/h6-7,9,11-13,18-21H,8,10,14-17H2,1-5H3,(H,33,34,36);6-11,16-17,19H,12-15,18H2,1-5H3,(H,31,35)(H,29,30,32);4H,1-3H3,(H,10,11). The largest absolute Gasteiger partial charge is 0.477 e. The number of nitrogens with one attached hydrogen (secondary N) is 3. The first-order valence-corrected chi connectivity index (χ1v) is 31.5. The van der Waals surface area contributed by atoms with Gasteiger partial charge in [-0.1, -0.05) is 77.9 Å². The van der Waals surface area contributed by atoms with E-state index < -0.39 is 17.7 Å². The number of carbonyl (C=O) groups is 3. The van der Waals surface area contributed by atoms with Crippen molar-refractivity contribution in [3.05, 3.63) is 164 Å². The Morgan fingerprint density at radius 2 is 0.966 bits per heavy atom. The number of carboxylic acid groups (broad SMARTS) is 1. The van der Waals surface area contributed by atoms with Gasteiger partial charge in [0.15, 0.2) is 5.78 Å². The molecule has 2 aliphatic heterocycles. The van der Waals surface area contributed by atoms with E-state index in [0.29, 0.717) is 24.3 Å². The van der Waals surface area contributed by atoms with Gasteiger partial charge in [-0.25, -0.2) is 39.5 Å². The average molecular weight is 1230 g/mol. The molecule has 8 heterocycles. The van der Waals surface area contributed by atoms with Crippen molar-refractivity contribution in [3.63, 3.8) is 0 Å². The number of aromatic carboxylic acids is 1. The fourth-order valence-corrected chi connectivity index (χ4v) is 11.3. The molecule has 4 N–H and O–H groups in total. The van der Waals surface area contributed by atoms with Gasteiger partial charge in [-0.05, 0) is 148 Å². The van der Waals surface area contributed by atoms with E-state index in [1.54, 1.807) is 12.4 Å². The van der Waals surface area contributed by atoms with E-state index in [2.05, 4.69) is 150 Å². The number of carboxylic acids is 1. The number of piperazine rings is 2. The number of pyridine rings is 4. The van der Waals surface area contributed by atoms with Crippen molar-refractivity contribution in [2.24, 2.45) is 0 Å². The van der Waals surface area contributed by atoms with Crippen LogP contribution in [0, 0.1) is 13.8 Å². The van der Waals surface area contributed by atoms with Crippen LogP contribution in [0.1, 0.15) is 120 Å². The van der Waals surface area contributed by atoms with Crippen molar-refractivity contribution >= 4 is 75.2 Å². The van der Waals surface area contributed by atoms with E-state index in [-0.39, 0.29) is 16.6 Å². The first-order valence-electron chi connectivity index (χ1n) is 29.8. The van der Waals surface area contributed by atoms with E-state index in [0.717, 1.165) is 135 Å². The molecule has 0 radical (unpaired) electrons. The molecular weight excluding hydrogens is 1140 g/mol. The van der Waals surface area contributed by atoms with Gasteiger partial charge in [-0.2, -0.15) is 0 Å². The summed E-state index contributed by atoms with van der Waals surface area (Å²) in [5.41, 5.74) is 10.5. The van der Waals surface area contributed by atoms with Crippen LogP contribution in [0.3, 0.4) is 0 Å². The maximum atomic E-state index is 12.8. The number of likely N-dealkylation sites (N-methyl/N-ethyl adjacent to an activating group) is 2. The van der Waals surface area contributed by atoms with Crippen molar-refractivity contribution in [1.82, 2.24) is 45.0 Å². The van der Waals surface area contributed by atoms with Crippen LogP contribution in [0.25, 0.3) is 22.3 Å². The van der Waals surface area contributed by atoms with Gasteiger partial charge in [0.2, 0.25) is 0 Å². The highest BCUT2D eigenvalue weighted by atomic mass is 32.1. The lowest BCUT2D eigenvalue weighted by molar-refractivity contribution is 0.0522. The monoisotopic (exact) mass is 1230 g/mol. The Morgan fingerprint density at radius 3 is 1.36 bits per heavy atom. The van der Waals surface area contributed by atoms with E-state index in [9.17, 15) is 14.4 Å². The highest BCUT2D eigenvalue weighted by Crippen LogP contribution is 2.31. The van der Waals surface area contributed by atoms with Gasteiger partial charge in [-0.15, -0.1) is 22.7 Å². The Hall–Kier alpha value is -8.17. The van der Waals surface area contributed by atoms with E-state index >= 15 is 0 Å². The number of aromatic nitrogens is 6. The first-order chi connectivity index (χ1) is 41.7. The number of amides is 1. The zero-order valence-corrected chi connectivity index (χ0v) is 54.8. The zero-order chi connectivity index (χ0) is 63.3. The maximum Gasteiger partial charge on any atom is 0.407 e. The third-order valence-electron chi connectivity index (χ3n) is 14.8. The second-order valence-electron chi connectivity index (χ2n) is 25.4. The van der Waals surface area contributed by atoms with Crippen LogP contribution in [-0.2, 0) is 28.5 Å². The quantitative estimate of drug-likeness (QED) is 0.0704. The van der Waals surface area contributed by atoms with Crippen LogP contribution in [-0.4, -0.2) is 135 Å². The second-order valence-corrected chi connectivity index (χ2v) is 27.5. The van der Waals surface area contributed by atoms with Crippen LogP contribution >= 0.6 is 22.7 Å². The smallest absolute Gasteiger partial charge is 0.407 e. The van der Waals surface area contributed by atoms with Gasteiger partial charge >= 0.3 is 12.1 Å². The Kier molecular flexibility index (Phi) is 21.8. The number of Topliss-reactive ketones (excluding diaryl/α,β-unsaturated/α-hetero) is 1. The van der Waals surface area contributed by atoms with Crippen molar-refractivity contribution < 1.29 is 24.2 Å². The predicted octanol–water partition coefficient (Wildman–Crippen LogP) is 13.6. The number of hydrogen-bond donors (Lipinski definition) is 4. The first kappa shape index (κ1) is 65.8. The number of hydrogen-bond acceptors (Lipinski definition) is 18. The molecule has 1 amide bonds. The number of thiazole rings is 2. The number of carbonyl (C=O) groups excluding carboxylic acids is 2. The SMILES string of the molecule is CC(C)(C)c1ncc(C(=O)O)s1.Cc1cc(-c2ccnc(Nc3ccc(N4CCN(C)CC4)cn3)c2)ccc1CCC(=O)c1cnc(C(C)(C)C)s1.Cc1cc(-c2ccnc(Nc3ccc(N4CCN(C)CC4)cn3)c2)ccc1CNC(=O)OC(C)(C)C. The molecule has 0 aliphatic carbocycles. The highest BCUT2D eigenvalue weighted by molar-refractivity contribution is 7.14. The third-order valence-corrected chi connectivity index (χ3v) is 17.7. The molecule has 6 aromatic heterocycles. The minimum absolute atomic E-state index is 0.0380. The molecule has 0 unspecified atom stereocenters. The molecule has 20 heteroatoms. The summed E-state index contributed by atoms with van der Waals surface area (Å²) in [5.74, 6) is 2.28. The molecule has 2 fully saturated rings. The zero-order valence-electron chi connectivity index (χ0n) is 53.2. The predicted molar refractivity (Wildman–Crippen MR) is 358 cm³/mol. The normalized spacial score (nSPS) is 14.0. The summed E-state index contributed by atoms with van der Waals surface area (Å²) in [6.45, 7) is 30.9. The topological polar surface area (TPSA) is 207 Å². The summed E-state index contributed by atoms with van der Waals surface area (Å²) in [6.07, 6.45) is 11.4. The number of aryl methyl sites for hydroxylation is 3. The van der Waals surface area contributed by atoms with Crippen LogP contribution in [0.4, 0.5) is 39.4 Å². The fourth-order valence-electron chi connectivity index (χ4n) is 9.59. The maximum absolute atomic E-state index is 12.8. The number of ether oxygens (including phenoxy) is 1. The third kappa shape index (κ3) is 19.2. The number of anilines is 6. The molecule has 0 atom stereocenters. The number of alkyl carbamates (subject to hydrolysis) is 1. The minimum atomic E-state index is -0.900. The van der Waals surface area contributed by atoms with E-state index in [4.69, 9.17) is 9.84 Å².